The number of hydrogen-bond donors (Lipinski definition) is 1. The molecule has 2 N–H and O–H groups in total. The smallest absolute Gasteiger partial charge is 0.182 e. The highest BCUT2D eigenvalue weighted by atomic mass is 35.5. The minimum Gasteiger partial charge on any atom is -0.493 e. The second-order valence-corrected chi connectivity index (χ2v) is 4.65. The Labute approximate surface area is 105 Å². The molecule has 1 aliphatic carbocycles. The largest absolute Gasteiger partial charge is 0.493 e. The van der Waals surface area contributed by atoms with E-state index >= 15 is 0 Å². The Balaban J connectivity index is 2.58. The molecule has 1 aromatic rings. The van der Waals surface area contributed by atoms with E-state index < -0.39 is 5.82 Å². The third-order valence-electron chi connectivity index (χ3n) is 3.37. The minimum absolute atomic E-state index is 0.0402. The van der Waals surface area contributed by atoms with E-state index in [2.05, 4.69) is 0 Å². The first-order valence-corrected chi connectivity index (χ1v) is 5.78. The zero-order chi connectivity index (χ0) is 12.6. The summed E-state index contributed by atoms with van der Waals surface area (Å²) in [5.74, 6) is 0.212. The first-order valence-electron chi connectivity index (χ1n) is 5.40. The maximum atomic E-state index is 14.2. The highest BCUT2D eigenvalue weighted by Crippen LogP contribution is 2.52. The summed E-state index contributed by atoms with van der Waals surface area (Å²) >= 11 is 5.95. The van der Waals surface area contributed by atoms with Crippen LogP contribution in [0.15, 0.2) is 6.07 Å². The predicted octanol–water partition coefficient (Wildman–Crippen LogP) is 2.49. The van der Waals surface area contributed by atoms with Gasteiger partial charge in [0.05, 0.1) is 14.2 Å². The van der Waals surface area contributed by atoms with Crippen LogP contribution in [-0.4, -0.2) is 20.8 Å². The average Bonchev–Trinajstić information content (AvgIpc) is 3.13. The molecule has 0 unspecified atom stereocenters. The van der Waals surface area contributed by atoms with Gasteiger partial charge in [0.25, 0.3) is 0 Å². The Hall–Kier alpha value is -1.00. The van der Waals surface area contributed by atoms with Crippen molar-refractivity contribution in [3.8, 4) is 11.5 Å². The third kappa shape index (κ3) is 1.85. The van der Waals surface area contributed by atoms with Crippen molar-refractivity contribution in [2.45, 2.75) is 18.3 Å². The summed E-state index contributed by atoms with van der Waals surface area (Å²) in [6.45, 7) is 0.412. The van der Waals surface area contributed by atoms with Gasteiger partial charge in [-0.15, -0.1) is 0 Å². The van der Waals surface area contributed by atoms with Crippen LogP contribution >= 0.6 is 11.6 Å². The van der Waals surface area contributed by atoms with E-state index in [0.717, 1.165) is 12.8 Å². The number of benzene rings is 1. The van der Waals surface area contributed by atoms with Gasteiger partial charge in [-0.3, -0.25) is 0 Å². The molecule has 0 amide bonds. The molecule has 2 rings (SSSR count). The molecule has 1 fully saturated rings. The molecule has 0 aliphatic heterocycles. The summed E-state index contributed by atoms with van der Waals surface area (Å²) in [4.78, 5) is 0. The van der Waals surface area contributed by atoms with Gasteiger partial charge in [-0.05, 0) is 18.9 Å². The number of rotatable bonds is 4. The molecule has 0 atom stereocenters. The molecular formula is C12H15ClFNO2. The van der Waals surface area contributed by atoms with Crippen molar-refractivity contribution in [2.75, 3.05) is 20.8 Å². The van der Waals surface area contributed by atoms with Gasteiger partial charge >= 0.3 is 0 Å². The minimum atomic E-state index is -0.452. The van der Waals surface area contributed by atoms with Crippen molar-refractivity contribution in [2.24, 2.45) is 5.73 Å². The second-order valence-electron chi connectivity index (χ2n) is 4.27. The SMILES string of the molecule is COc1cc(C2(CN)CC2)c(F)c(Cl)c1OC. The van der Waals surface area contributed by atoms with Crippen LogP contribution in [0.25, 0.3) is 0 Å². The first-order chi connectivity index (χ1) is 8.09. The van der Waals surface area contributed by atoms with E-state index in [4.69, 9.17) is 26.8 Å². The lowest BCUT2D eigenvalue weighted by Gasteiger charge is -2.18. The molecule has 1 saturated carbocycles. The van der Waals surface area contributed by atoms with Gasteiger partial charge in [-0.2, -0.15) is 0 Å². The topological polar surface area (TPSA) is 44.5 Å². The van der Waals surface area contributed by atoms with Crippen molar-refractivity contribution < 1.29 is 13.9 Å². The first kappa shape index (κ1) is 12.5. The van der Waals surface area contributed by atoms with Crippen LogP contribution < -0.4 is 15.2 Å². The average molecular weight is 260 g/mol. The lowest BCUT2D eigenvalue weighted by molar-refractivity contribution is 0.351. The Morgan fingerprint density at radius 1 is 1.41 bits per heavy atom. The molecule has 94 valence electrons. The number of ether oxygens (including phenoxy) is 2. The van der Waals surface area contributed by atoms with Gasteiger partial charge in [0.2, 0.25) is 0 Å². The highest BCUT2D eigenvalue weighted by molar-refractivity contribution is 6.32. The van der Waals surface area contributed by atoms with Crippen LogP contribution in [0, 0.1) is 5.82 Å². The Bertz CT molecular complexity index is 447. The van der Waals surface area contributed by atoms with Crippen LogP contribution in [0.4, 0.5) is 4.39 Å². The predicted molar refractivity (Wildman–Crippen MR) is 64.5 cm³/mol. The summed E-state index contributed by atoms with van der Waals surface area (Å²) in [5, 5.41) is -0.0402. The van der Waals surface area contributed by atoms with Gasteiger partial charge in [-0.25, -0.2) is 4.39 Å². The number of hydrogen-bond acceptors (Lipinski definition) is 3. The van der Waals surface area contributed by atoms with E-state index in [-0.39, 0.29) is 16.2 Å². The van der Waals surface area contributed by atoms with E-state index in [9.17, 15) is 4.39 Å². The Morgan fingerprint density at radius 3 is 2.47 bits per heavy atom. The molecule has 0 heterocycles. The maximum absolute atomic E-state index is 14.2. The number of nitrogens with two attached hydrogens (primary N) is 1. The van der Waals surface area contributed by atoms with E-state index in [1.807, 2.05) is 0 Å². The molecule has 1 aliphatic rings. The van der Waals surface area contributed by atoms with Crippen LogP contribution in [0.2, 0.25) is 5.02 Å². The fraction of sp³-hybridized carbons (Fsp3) is 0.500. The molecule has 3 nitrogen and oxygen atoms in total. The lowest BCUT2D eigenvalue weighted by atomic mass is 9.95. The van der Waals surface area contributed by atoms with Crippen molar-refractivity contribution >= 4 is 11.6 Å². The van der Waals surface area contributed by atoms with Crippen molar-refractivity contribution in [1.29, 1.82) is 0 Å². The molecule has 0 aromatic heterocycles. The van der Waals surface area contributed by atoms with Gasteiger partial charge in [-0.1, -0.05) is 11.6 Å². The van der Waals surface area contributed by atoms with E-state index in [1.165, 1.54) is 14.2 Å². The van der Waals surface area contributed by atoms with Gasteiger partial charge in [0, 0.05) is 17.5 Å². The molecule has 0 spiro atoms. The molecule has 5 heteroatoms. The van der Waals surface area contributed by atoms with Gasteiger partial charge in [0.15, 0.2) is 11.5 Å². The van der Waals surface area contributed by atoms with Gasteiger partial charge < -0.3 is 15.2 Å². The summed E-state index contributed by atoms with van der Waals surface area (Å²) < 4.78 is 24.4. The normalized spacial score (nSPS) is 16.8. The highest BCUT2D eigenvalue weighted by Gasteiger charge is 2.46. The van der Waals surface area contributed by atoms with Crippen LogP contribution in [0.5, 0.6) is 11.5 Å². The zero-order valence-corrected chi connectivity index (χ0v) is 10.6. The fourth-order valence-corrected chi connectivity index (χ4v) is 2.32. The Morgan fingerprint density at radius 2 is 2.06 bits per heavy atom. The van der Waals surface area contributed by atoms with E-state index in [1.54, 1.807) is 6.07 Å². The standard InChI is InChI=1S/C12H15ClFNO2/c1-16-8-5-7(12(6-15)3-4-12)10(14)9(13)11(8)17-2/h5H,3-4,6,15H2,1-2H3. The van der Waals surface area contributed by atoms with Crippen LogP contribution in [-0.2, 0) is 5.41 Å². The lowest BCUT2D eigenvalue weighted by Crippen LogP contribution is -2.21. The van der Waals surface area contributed by atoms with Gasteiger partial charge in [0.1, 0.15) is 10.8 Å². The quantitative estimate of drug-likeness (QED) is 0.904. The molecule has 1 aromatic carbocycles. The van der Waals surface area contributed by atoms with Crippen molar-refractivity contribution in [1.82, 2.24) is 0 Å². The third-order valence-corrected chi connectivity index (χ3v) is 3.70. The summed E-state index contributed by atoms with van der Waals surface area (Å²) in [6.07, 6.45) is 1.76. The summed E-state index contributed by atoms with van der Waals surface area (Å²) in [5.41, 5.74) is 5.96. The van der Waals surface area contributed by atoms with Crippen LogP contribution in [0.3, 0.4) is 0 Å². The summed E-state index contributed by atoms with van der Waals surface area (Å²) in [6, 6.07) is 1.64. The monoisotopic (exact) mass is 259 g/mol. The number of halogens is 2. The second kappa shape index (κ2) is 4.35. The molecule has 0 bridgehead atoms. The molecule has 17 heavy (non-hydrogen) atoms. The molecular weight excluding hydrogens is 245 g/mol. The number of methoxy groups -OCH3 is 2. The Kier molecular flexibility index (Phi) is 3.19. The summed E-state index contributed by atoms with van der Waals surface area (Å²) in [7, 11) is 2.93. The fourth-order valence-electron chi connectivity index (χ4n) is 2.05. The zero-order valence-electron chi connectivity index (χ0n) is 9.85. The van der Waals surface area contributed by atoms with Crippen LogP contribution in [0.1, 0.15) is 18.4 Å². The molecule has 0 saturated heterocycles. The molecule has 0 radical (unpaired) electrons. The van der Waals surface area contributed by atoms with Crippen molar-refractivity contribution in [3.05, 3.63) is 22.5 Å². The van der Waals surface area contributed by atoms with Crippen molar-refractivity contribution in [3.63, 3.8) is 0 Å². The maximum Gasteiger partial charge on any atom is 0.182 e. The van der Waals surface area contributed by atoms with E-state index in [0.29, 0.717) is 17.9 Å².